The molecule has 11 rings (SSSR count). The van der Waals surface area contributed by atoms with Crippen LogP contribution < -0.4 is 0 Å². The predicted molar refractivity (Wildman–Crippen MR) is 226 cm³/mol. The van der Waals surface area contributed by atoms with Gasteiger partial charge in [0.1, 0.15) is 6.07 Å². The molecule has 0 aliphatic carbocycles. The smallest absolute Gasteiger partial charge is 0.211 e. The van der Waals surface area contributed by atoms with Crippen molar-refractivity contribution >= 4 is 71.1 Å². The van der Waals surface area contributed by atoms with Gasteiger partial charge in [0.25, 0.3) is 0 Å². The van der Waals surface area contributed by atoms with E-state index in [1.165, 1.54) is 10.8 Å². The molecule has 254 valence electrons. The van der Waals surface area contributed by atoms with Crippen LogP contribution in [0, 0.1) is 17.9 Å². The van der Waals surface area contributed by atoms with E-state index in [0.29, 0.717) is 11.3 Å². The van der Waals surface area contributed by atoms with Crippen molar-refractivity contribution in [3.05, 3.63) is 193 Å². The highest BCUT2D eigenvalue weighted by atomic mass is 15.1. The van der Waals surface area contributed by atoms with Gasteiger partial charge in [-0.2, -0.15) is 5.26 Å². The summed E-state index contributed by atoms with van der Waals surface area (Å²) in [4.78, 5) is 3.94. The quantitative estimate of drug-likeness (QED) is 0.169. The van der Waals surface area contributed by atoms with Crippen molar-refractivity contribution in [2.24, 2.45) is 0 Å². The van der Waals surface area contributed by atoms with E-state index in [1.54, 1.807) is 0 Å². The molecule has 55 heavy (non-hydrogen) atoms. The van der Waals surface area contributed by atoms with Crippen molar-refractivity contribution in [2.45, 2.75) is 0 Å². The number of hydrogen-bond donors (Lipinski definition) is 0. The third-order valence-corrected chi connectivity index (χ3v) is 11.1. The zero-order valence-corrected chi connectivity index (χ0v) is 29.5. The van der Waals surface area contributed by atoms with Crippen LogP contribution in [0.1, 0.15) is 5.56 Å². The number of benzene rings is 8. The lowest BCUT2D eigenvalue weighted by atomic mass is 10.00. The fourth-order valence-corrected chi connectivity index (χ4v) is 8.86. The molecule has 0 unspecified atom stereocenters. The van der Waals surface area contributed by atoms with E-state index < -0.39 is 0 Å². The number of nitriles is 1. The van der Waals surface area contributed by atoms with Crippen LogP contribution in [0.15, 0.2) is 176 Å². The topological polar surface area (TPSA) is 42.9 Å². The van der Waals surface area contributed by atoms with Crippen molar-refractivity contribution < 1.29 is 0 Å². The highest BCUT2D eigenvalue weighted by Crippen LogP contribution is 2.43. The molecule has 5 nitrogen and oxygen atoms in total. The summed E-state index contributed by atoms with van der Waals surface area (Å²) in [6, 6.07) is 63.5. The van der Waals surface area contributed by atoms with Crippen molar-refractivity contribution in [1.29, 1.82) is 5.26 Å². The second-order valence-corrected chi connectivity index (χ2v) is 13.9. The molecule has 0 bridgehead atoms. The van der Waals surface area contributed by atoms with Gasteiger partial charge in [0, 0.05) is 32.5 Å². The molecule has 0 fully saturated rings. The van der Waals surface area contributed by atoms with Crippen LogP contribution in [-0.4, -0.2) is 13.7 Å². The Morgan fingerprint density at radius 1 is 0.418 bits per heavy atom. The van der Waals surface area contributed by atoms with Gasteiger partial charge in [-0.05, 0) is 59.5 Å². The zero-order chi connectivity index (χ0) is 36.6. The molecule has 11 aromatic rings. The van der Waals surface area contributed by atoms with Crippen LogP contribution in [0.4, 0.5) is 5.69 Å². The van der Waals surface area contributed by atoms with E-state index in [4.69, 9.17) is 6.57 Å². The van der Waals surface area contributed by atoms with Gasteiger partial charge in [-0.1, -0.05) is 127 Å². The molecule has 0 N–H and O–H groups in total. The van der Waals surface area contributed by atoms with Gasteiger partial charge in [0.05, 0.1) is 62.3 Å². The fraction of sp³-hybridized carbons (Fsp3) is 0. The van der Waals surface area contributed by atoms with Crippen LogP contribution in [0.3, 0.4) is 0 Å². The minimum atomic E-state index is 0.566. The minimum absolute atomic E-state index is 0.566. The number of aromatic nitrogens is 3. The molecule has 0 spiro atoms. The third kappa shape index (κ3) is 4.33. The lowest BCUT2D eigenvalue weighted by molar-refractivity contribution is 1.12. The Kier molecular flexibility index (Phi) is 6.61. The van der Waals surface area contributed by atoms with Crippen molar-refractivity contribution in [3.8, 4) is 34.3 Å². The summed E-state index contributed by atoms with van der Waals surface area (Å²) < 4.78 is 6.84. The lowest BCUT2D eigenvalue weighted by Crippen LogP contribution is -2.03. The molecule has 0 saturated heterocycles. The molecular formula is C50H29N5. The molecular weight excluding hydrogens is 671 g/mol. The number of nitrogens with zero attached hydrogens (tertiary/aromatic N) is 5. The summed E-state index contributed by atoms with van der Waals surface area (Å²) in [5.41, 5.74) is 12.1. The SMILES string of the molecule is [C-]#[N+]c1cccc2c3ccccc3n(-c3ccccc3-c3ccc(-n4c5ccccc5c5cccc(-n6c7ccccc7c7ccccc76)c54)c(C#N)c3)c12. The van der Waals surface area contributed by atoms with Crippen molar-refractivity contribution in [1.82, 2.24) is 13.7 Å². The Hall–Kier alpha value is -7.86. The average molecular weight is 700 g/mol. The maximum atomic E-state index is 11.0. The Morgan fingerprint density at radius 3 is 1.51 bits per heavy atom. The minimum Gasteiger partial charge on any atom is -0.318 e. The van der Waals surface area contributed by atoms with E-state index in [9.17, 15) is 5.26 Å². The monoisotopic (exact) mass is 699 g/mol. The summed E-state index contributed by atoms with van der Waals surface area (Å²) in [6.45, 7) is 8.05. The van der Waals surface area contributed by atoms with E-state index in [0.717, 1.165) is 82.8 Å². The molecule has 0 saturated carbocycles. The van der Waals surface area contributed by atoms with Crippen LogP contribution in [0.25, 0.3) is 98.5 Å². The maximum Gasteiger partial charge on any atom is 0.211 e. The van der Waals surface area contributed by atoms with Gasteiger partial charge in [-0.15, -0.1) is 0 Å². The van der Waals surface area contributed by atoms with Gasteiger partial charge in [0.2, 0.25) is 5.69 Å². The molecule has 3 heterocycles. The summed E-state index contributed by atoms with van der Waals surface area (Å²) in [6.07, 6.45) is 0. The first-order chi connectivity index (χ1) is 27.2. The second kappa shape index (κ2) is 11.8. The molecule has 0 radical (unpaired) electrons. The van der Waals surface area contributed by atoms with Crippen LogP contribution >= 0.6 is 0 Å². The van der Waals surface area contributed by atoms with E-state index >= 15 is 0 Å². The maximum absolute atomic E-state index is 11.0. The van der Waals surface area contributed by atoms with Gasteiger partial charge in [0.15, 0.2) is 0 Å². The highest BCUT2D eigenvalue weighted by molar-refractivity contribution is 6.16. The Bertz CT molecular complexity index is 3420. The molecule has 0 amide bonds. The van der Waals surface area contributed by atoms with Gasteiger partial charge >= 0.3 is 0 Å². The molecule has 3 aromatic heterocycles. The number of fused-ring (bicyclic) bond motifs is 9. The molecule has 0 aliphatic rings. The number of rotatable bonds is 4. The molecule has 8 aromatic carbocycles. The number of para-hydroxylation sites is 7. The van der Waals surface area contributed by atoms with Crippen LogP contribution in [0.2, 0.25) is 0 Å². The largest absolute Gasteiger partial charge is 0.318 e. The van der Waals surface area contributed by atoms with E-state index in [-0.39, 0.29) is 0 Å². The zero-order valence-electron chi connectivity index (χ0n) is 29.5. The second-order valence-electron chi connectivity index (χ2n) is 13.9. The summed E-state index contributed by atoms with van der Waals surface area (Å²) in [7, 11) is 0. The van der Waals surface area contributed by atoms with Crippen molar-refractivity contribution in [2.75, 3.05) is 0 Å². The summed E-state index contributed by atoms with van der Waals surface area (Å²) in [5.74, 6) is 0. The summed E-state index contributed by atoms with van der Waals surface area (Å²) >= 11 is 0. The fourth-order valence-electron chi connectivity index (χ4n) is 8.86. The normalized spacial score (nSPS) is 11.6. The van der Waals surface area contributed by atoms with Crippen LogP contribution in [-0.2, 0) is 0 Å². The van der Waals surface area contributed by atoms with Gasteiger partial charge in [-0.3, -0.25) is 0 Å². The molecule has 5 heteroatoms. The first-order valence-corrected chi connectivity index (χ1v) is 18.3. The first-order valence-electron chi connectivity index (χ1n) is 18.3. The lowest BCUT2D eigenvalue weighted by Gasteiger charge is -2.17. The Morgan fingerprint density at radius 2 is 0.891 bits per heavy atom. The van der Waals surface area contributed by atoms with Crippen LogP contribution in [0.5, 0.6) is 0 Å². The average Bonchev–Trinajstić information content (AvgIpc) is 3.89. The highest BCUT2D eigenvalue weighted by Gasteiger charge is 2.22. The third-order valence-electron chi connectivity index (χ3n) is 11.1. The predicted octanol–water partition coefficient (Wildman–Crippen LogP) is 13.1. The summed E-state index contributed by atoms with van der Waals surface area (Å²) in [5, 5.41) is 17.7. The standard InChI is InChI=1S/C50H29N5/c1-52-41-21-12-19-39-37-17-5-11-26-47(37)55(49(39)41)43-22-7-2-14-34(43)32-28-29-42(33(30-32)31-51)54-46-25-10-6-18-38(46)40-20-13-27-48(50(40)54)53-44-23-8-3-15-35(44)36-16-4-9-24-45(36)53/h2-30H. The molecule has 0 aliphatic heterocycles. The van der Waals surface area contributed by atoms with Gasteiger partial charge in [-0.25, -0.2) is 4.85 Å². The van der Waals surface area contributed by atoms with Gasteiger partial charge < -0.3 is 13.7 Å². The van der Waals surface area contributed by atoms with Crippen molar-refractivity contribution in [3.63, 3.8) is 0 Å². The number of hydrogen-bond acceptors (Lipinski definition) is 1. The first kappa shape index (κ1) is 30.7. The Labute approximate surface area is 316 Å². The van der Waals surface area contributed by atoms with E-state index in [1.807, 2.05) is 42.5 Å². The molecule has 0 atom stereocenters. The van der Waals surface area contributed by atoms with E-state index in [2.05, 4.69) is 158 Å². The Balaban J connectivity index is 1.18.